The van der Waals surface area contributed by atoms with E-state index in [2.05, 4.69) is 15.9 Å². The van der Waals surface area contributed by atoms with Gasteiger partial charge in [-0.25, -0.2) is 0 Å². The summed E-state index contributed by atoms with van der Waals surface area (Å²) in [6.07, 6.45) is 5.27. The molecule has 0 spiro atoms. The Morgan fingerprint density at radius 1 is 1.29 bits per heavy atom. The van der Waals surface area contributed by atoms with Crippen LogP contribution in [0.2, 0.25) is 0 Å². The van der Waals surface area contributed by atoms with E-state index in [0.717, 1.165) is 22.9 Å². The third-order valence-corrected chi connectivity index (χ3v) is 4.49. The Kier molecular flexibility index (Phi) is 4.23. The number of halogens is 1. The molecule has 0 saturated heterocycles. The van der Waals surface area contributed by atoms with Crippen LogP contribution in [-0.4, -0.2) is 11.7 Å². The number of hydrogen-bond acceptors (Lipinski definition) is 2. The molecule has 1 saturated carbocycles. The number of aliphatic hydroxyl groups is 1. The van der Waals surface area contributed by atoms with E-state index in [-0.39, 0.29) is 5.41 Å². The van der Waals surface area contributed by atoms with Crippen LogP contribution in [-0.2, 0) is 0 Å². The van der Waals surface area contributed by atoms with Gasteiger partial charge in [0.15, 0.2) is 0 Å². The quantitative estimate of drug-likeness (QED) is 0.898. The Morgan fingerprint density at radius 3 is 2.59 bits per heavy atom. The van der Waals surface area contributed by atoms with Crippen LogP contribution in [0.4, 0.5) is 0 Å². The predicted molar refractivity (Wildman–Crippen MR) is 73.7 cm³/mol. The van der Waals surface area contributed by atoms with Gasteiger partial charge in [-0.3, -0.25) is 0 Å². The van der Waals surface area contributed by atoms with Gasteiger partial charge < -0.3 is 10.8 Å². The first-order valence-corrected chi connectivity index (χ1v) is 7.11. The van der Waals surface area contributed by atoms with Crippen LogP contribution < -0.4 is 5.73 Å². The molecule has 0 heterocycles. The van der Waals surface area contributed by atoms with Crippen molar-refractivity contribution in [2.75, 3.05) is 6.54 Å². The summed E-state index contributed by atoms with van der Waals surface area (Å²) < 4.78 is 1.01. The Hall–Kier alpha value is -0.380. The van der Waals surface area contributed by atoms with Crippen LogP contribution in [0.25, 0.3) is 0 Å². The molecule has 1 aliphatic rings. The van der Waals surface area contributed by atoms with E-state index in [4.69, 9.17) is 5.73 Å². The lowest BCUT2D eigenvalue weighted by molar-refractivity contribution is 0.000663. The molecule has 2 nitrogen and oxygen atoms in total. The molecule has 0 bridgehead atoms. The zero-order valence-electron chi connectivity index (χ0n) is 10.0. The summed E-state index contributed by atoms with van der Waals surface area (Å²) in [6.45, 7) is 0.570. The minimum Gasteiger partial charge on any atom is -0.388 e. The van der Waals surface area contributed by atoms with Crippen molar-refractivity contribution in [2.45, 2.75) is 38.2 Å². The monoisotopic (exact) mass is 297 g/mol. The zero-order valence-corrected chi connectivity index (χ0v) is 11.6. The van der Waals surface area contributed by atoms with Gasteiger partial charge in [0.1, 0.15) is 0 Å². The lowest BCUT2D eigenvalue weighted by atomic mass is 9.68. The molecular weight excluding hydrogens is 278 g/mol. The molecule has 1 aliphatic carbocycles. The van der Waals surface area contributed by atoms with Crippen molar-refractivity contribution in [1.82, 2.24) is 0 Å². The second-order valence-electron chi connectivity index (χ2n) is 5.08. The van der Waals surface area contributed by atoms with Gasteiger partial charge in [0.05, 0.1) is 6.10 Å². The highest BCUT2D eigenvalue weighted by Gasteiger charge is 2.38. The molecule has 17 heavy (non-hydrogen) atoms. The normalized spacial score (nSPS) is 21.1. The average Bonchev–Trinajstić information content (AvgIpc) is 2.38. The van der Waals surface area contributed by atoms with Gasteiger partial charge in [0.2, 0.25) is 0 Å². The SMILES string of the molecule is NCC1(C(O)c2cccc(Br)c2)CCCCC1. The number of aliphatic hydroxyl groups excluding tert-OH is 1. The summed E-state index contributed by atoms with van der Waals surface area (Å²) in [5.41, 5.74) is 6.81. The smallest absolute Gasteiger partial charge is 0.0858 e. The molecular formula is C14H20BrNO. The second kappa shape index (κ2) is 5.51. The minimum absolute atomic E-state index is 0.112. The number of benzene rings is 1. The Balaban J connectivity index is 2.24. The highest BCUT2D eigenvalue weighted by atomic mass is 79.9. The van der Waals surface area contributed by atoms with E-state index in [0.29, 0.717) is 6.54 Å². The summed E-state index contributed by atoms with van der Waals surface area (Å²) in [7, 11) is 0. The van der Waals surface area contributed by atoms with E-state index in [9.17, 15) is 5.11 Å². The largest absolute Gasteiger partial charge is 0.388 e. The lowest BCUT2D eigenvalue weighted by Gasteiger charge is -2.40. The second-order valence-corrected chi connectivity index (χ2v) is 6.00. The van der Waals surface area contributed by atoms with Crippen molar-refractivity contribution in [3.8, 4) is 0 Å². The van der Waals surface area contributed by atoms with Crippen molar-refractivity contribution in [3.63, 3.8) is 0 Å². The molecule has 1 fully saturated rings. The molecule has 0 aromatic heterocycles. The average molecular weight is 298 g/mol. The molecule has 1 unspecified atom stereocenters. The number of rotatable bonds is 3. The van der Waals surface area contributed by atoms with Crippen molar-refractivity contribution in [1.29, 1.82) is 0 Å². The third-order valence-electron chi connectivity index (χ3n) is 4.00. The minimum atomic E-state index is -0.440. The number of nitrogens with two attached hydrogens (primary N) is 1. The molecule has 0 radical (unpaired) electrons. The summed E-state index contributed by atoms with van der Waals surface area (Å²) in [6, 6.07) is 7.93. The van der Waals surface area contributed by atoms with Crippen molar-refractivity contribution in [3.05, 3.63) is 34.3 Å². The summed E-state index contributed by atoms with van der Waals surface area (Å²) in [5, 5.41) is 10.6. The van der Waals surface area contributed by atoms with Crippen molar-refractivity contribution < 1.29 is 5.11 Å². The molecule has 1 atom stereocenters. The molecule has 0 amide bonds. The van der Waals surface area contributed by atoms with Gasteiger partial charge >= 0.3 is 0 Å². The fourth-order valence-corrected chi connectivity index (χ4v) is 3.29. The van der Waals surface area contributed by atoms with Crippen LogP contribution in [0.3, 0.4) is 0 Å². The third kappa shape index (κ3) is 2.72. The van der Waals surface area contributed by atoms with Crippen LogP contribution in [0.5, 0.6) is 0 Å². The van der Waals surface area contributed by atoms with Crippen LogP contribution in [0.1, 0.15) is 43.8 Å². The van der Waals surface area contributed by atoms with Crippen LogP contribution in [0.15, 0.2) is 28.7 Å². The Morgan fingerprint density at radius 2 is 2.00 bits per heavy atom. The van der Waals surface area contributed by atoms with Gasteiger partial charge in [-0.1, -0.05) is 47.3 Å². The van der Waals surface area contributed by atoms with E-state index in [1.165, 1.54) is 19.3 Å². The van der Waals surface area contributed by atoms with E-state index in [1.54, 1.807) is 0 Å². The first-order chi connectivity index (χ1) is 8.18. The molecule has 94 valence electrons. The maximum absolute atomic E-state index is 10.6. The highest BCUT2D eigenvalue weighted by molar-refractivity contribution is 9.10. The van der Waals surface area contributed by atoms with Gasteiger partial charge in [-0.2, -0.15) is 0 Å². The molecule has 3 N–H and O–H groups in total. The van der Waals surface area contributed by atoms with Gasteiger partial charge in [0, 0.05) is 16.4 Å². The van der Waals surface area contributed by atoms with Crippen molar-refractivity contribution in [2.24, 2.45) is 11.1 Å². The van der Waals surface area contributed by atoms with E-state index < -0.39 is 6.10 Å². The van der Waals surface area contributed by atoms with Crippen LogP contribution in [0, 0.1) is 5.41 Å². The summed E-state index contributed by atoms with van der Waals surface area (Å²) in [4.78, 5) is 0. The fraction of sp³-hybridized carbons (Fsp3) is 0.571. The molecule has 3 heteroatoms. The van der Waals surface area contributed by atoms with Gasteiger partial charge in [-0.05, 0) is 30.5 Å². The zero-order chi connectivity index (χ0) is 12.3. The van der Waals surface area contributed by atoms with Gasteiger partial charge in [-0.15, -0.1) is 0 Å². The summed E-state index contributed by atoms with van der Waals surface area (Å²) in [5.74, 6) is 0. The molecule has 2 rings (SSSR count). The molecule has 1 aromatic rings. The Bertz CT molecular complexity index is 374. The Labute approximate surface area is 111 Å². The fourth-order valence-electron chi connectivity index (χ4n) is 2.88. The maximum Gasteiger partial charge on any atom is 0.0858 e. The summed E-state index contributed by atoms with van der Waals surface area (Å²) >= 11 is 3.45. The lowest BCUT2D eigenvalue weighted by Crippen LogP contribution is -2.38. The van der Waals surface area contributed by atoms with E-state index >= 15 is 0 Å². The number of hydrogen-bond donors (Lipinski definition) is 2. The van der Waals surface area contributed by atoms with Crippen LogP contribution >= 0.6 is 15.9 Å². The maximum atomic E-state index is 10.6. The first kappa shape index (κ1) is 13.1. The molecule has 1 aromatic carbocycles. The standard InChI is InChI=1S/C14H20BrNO/c15-12-6-4-5-11(9-12)13(17)14(10-16)7-2-1-3-8-14/h4-6,9,13,17H,1-3,7-8,10,16H2. The first-order valence-electron chi connectivity index (χ1n) is 6.31. The highest BCUT2D eigenvalue weighted by Crippen LogP contribution is 2.45. The predicted octanol–water partition coefficient (Wildman–Crippen LogP) is 3.39. The van der Waals surface area contributed by atoms with Gasteiger partial charge in [0.25, 0.3) is 0 Å². The molecule has 0 aliphatic heterocycles. The van der Waals surface area contributed by atoms with Crippen molar-refractivity contribution >= 4 is 15.9 Å². The van der Waals surface area contributed by atoms with E-state index in [1.807, 2.05) is 24.3 Å². The topological polar surface area (TPSA) is 46.2 Å².